The van der Waals surface area contributed by atoms with Gasteiger partial charge in [0.2, 0.25) is 0 Å². The SMILES string of the molecule is COC(=O)c1ccc(C(=O)NCC2CCN(C3CCOC3)CC2)cc1. The van der Waals surface area contributed by atoms with Crippen molar-refractivity contribution in [1.82, 2.24) is 10.2 Å². The fraction of sp³-hybridized carbons (Fsp3) is 0.579. The van der Waals surface area contributed by atoms with E-state index >= 15 is 0 Å². The smallest absolute Gasteiger partial charge is 0.337 e. The number of rotatable bonds is 5. The Hall–Kier alpha value is -1.92. The molecule has 0 spiro atoms. The quantitative estimate of drug-likeness (QED) is 0.822. The summed E-state index contributed by atoms with van der Waals surface area (Å²) in [7, 11) is 1.34. The van der Waals surface area contributed by atoms with Crippen LogP contribution in [0.2, 0.25) is 0 Å². The number of methoxy groups -OCH3 is 1. The molecule has 6 nitrogen and oxygen atoms in total. The van der Waals surface area contributed by atoms with Gasteiger partial charge in [0, 0.05) is 24.8 Å². The fourth-order valence-corrected chi connectivity index (χ4v) is 3.55. The van der Waals surface area contributed by atoms with Gasteiger partial charge in [0.05, 0.1) is 19.3 Å². The van der Waals surface area contributed by atoms with Crippen LogP contribution in [0.4, 0.5) is 0 Å². The van der Waals surface area contributed by atoms with Gasteiger partial charge in [0.1, 0.15) is 0 Å². The molecule has 25 heavy (non-hydrogen) atoms. The summed E-state index contributed by atoms with van der Waals surface area (Å²) in [4.78, 5) is 26.2. The molecule has 6 heteroatoms. The summed E-state index contributed by atoms with van der Waals surface area (Å²) >= 11 is 0. The first-order valence-corrected chi connectivity index (χ1v) is 8.95. The maximum Gasteiger partial charge on any atom is 0.337 e. The van der Waals surface area contributed by atoms with E-state index in [-0.39, 0.29) is 5.91 Å². The fourth-order valence-electron chi connectivity index (χ4n) is 3.55. The molecule has 3 rings (SSSR count). The third kappa shape index (κ3) is 4.58. The zero-order valence-corrected chi connectivity index (χ0v) is 14.7. The van der Waals surface area contributed by atoms with Crippen LogP contribution in [0.3, 0.4) is 0 Å². The number of piperidine rings is 1. The molecule has 0 aliphatic carbocycles. The van der Waals surface area contributed by atoms with Crippen molar-refractivity contribution >= 4 is 11.9 Å². The minimum Gasteiger partial charge on any atom is -0.465 e. The Bertz CT molecular complexity index is 588. The van der Waals surface area contributed by atoms with Crippen LogP contribution < -0.4 is 5.32 Å². The highest BCUT2D eigenvalue weighted by molar-refractivity contribution is 5.96. The summed E-state index contributed by atoms with van der Waals surface area (Å²) in [5.41, 5.74) is 1.01. The molecule has 2 aliphatic rings. The number of hydrogen-bond donors (Lipinski definition) is 1. The second-order valence-electron chi connectivity index (χ2n) is 6.78. The highest BCUT2D eigenvalue weighted by atomic mass is 16.5. The van der Waals surface area contributed by atoms with Gasteiger partial charge in [-0.25, -0.2) is 4.79 Å². The van der Waals surface area contributed by atoms with Gasteiger partial charge >= 0.3 is 5.97 Å². The van der Waals surface area contributed by atoms with Crippen molar-refractivity contribution in [1.29, 1.82) is 0 Å². The number of likely N-dealkylation sites (tertiary alicyclic amines) is 1. The number of hydrogen-bond acceptors (Lipinski definition) is 5. The van der Waals surface area contributed by atoms with Crippen molar-refractivity contribution in [3.8, 4) is 0 Å². The molecule has 1 aromatic rings. The molecular formula is C19H26N2O4. The minimum atomic E-state index is -0.397. The normalized spacial score (nSPS) is 21.9. The molecule has 1 unspecified atom stereocenters. The Morgan fingerprint density at radius 1 is 1.16 bits per heavy atom. The molecule has 1 atom stereocenters. The molecule has 0 saturated carbocycles. The largest absolute Gasteiger partial charge is 0.465 e. The lowest BCUT2D eigenvalue weighted by atomic mass is 9.95. The van der Waals surface area contributed by atoms with E-state index in [1.807, 2.05) is 0 Å². The zero-order chi connectivity index (χ0) is 17.6. The summed E-state index contributed by atoms with van der Waals surface area (Å²) in [5.74, 6) is 0.0336. The molecule has 2 saturated heterocycles. The third-order valence-corrected chi connectivity index (χ3v) is 5.19. The van der Waals surface area contributed by atoms with Gasteiger partial charge in [-0.1, -0.05) is 0 Å². The highest BCUT2D eigenvalue weighted by Gasteiger charge is 2.27. The average molecular weight is 346 g/mol. The average Bonchev–Trinajstić information content (AvgIpc) is 3.21. The number of esters is 1. The van der Waals surface area contributed by atoms with Gasteiger partial charge in [-0.15, -0.1) is 0 Å². The van der Waals surface area contributed by atoms with Crippen molar-refractivity contribution in [2.45, 2.75) is 25.3 Å². The van der Waals surface area contributed by atoms with Crippen molar-refractivity contribution < 1.29 is 19.1 Å². The molecule has 136 valence electrons. The van der Waals surface area contributed by atoms with Gasteiger partial charge in [0.15, 0.2) is 0 Å². The summed E-state index contributed by atoms with van der Waals surface area (Å²) in [6.45, 7) is 4.62. The standard InChI is InChI=1S/C19H26N2O4/c1-24-19(23)16-4-2-15(3-5-16)18(22)20-12-14-6-9-21(10-7-14)17-8-11-25-13-17/h2-5,14,17H,6-13H2,1H3,(H,20,22). The van der Waals surface area contributed by atoms with Crippen molar-refractivity contribution in [2.24, 2.45) is 5.92 Å². The van der Waals surface area contributed by atoms with Crippen LogP contribution in [-0.4, -0.2) is 62.8 Å². The Kier molecular flexibility index (Phi) is 6.04. The first-order chi connectivity index (χ1) is 12.2. The molecule has 2 heterocycles. The monoisotopic (exact) mass is 346 g/mol. The Morgan fingerprint density at radius 2 is 1.84 bits per heavy atom. The van der Waals surface area contributed by atoms with E-state index in [1.165, 1.54) is 7.11 Å². The number of nitrogens with zero attached hydrogens (tertiary/aromatic N) is 1. The number of carbonyl (C=O) groups is 2. The minimum absolute atomic E-state index is 0.0944. The summed E-state index contributed by atoms with van der Waals surface area (Å²) < 4.78 is 10.1. The topological polar surface area (TPSA) is 67.9 Å². The third-order valence-electron chi connectivity index (χ3n) is 5.19. The van der Waals surface area contributed by atoms with Crippen LogP contribution in [0.5, 0.6) is 0 Å². The summed E-state index contributed by atoms with van der Waals surface area (Å²) in [5, 5.41) is 3.02. The molecule has 0 bridgehead atoms. The molecular weight excluding hydrogens is 320 g/mol. The van der Waals surface area contributed by atoms with E-state index in [9.17, 15) is 9.59 Å². The maximum atomic E-state index is 12.3. The number of ether oxygens (including phenoxy) is 2. The zero-order valence-electron chi connectivity index (χ0n) is 14.7. The summed E-state index contributed by atoms with van der Waals surface area (Å²) in [6.07, 6.45) is 3.36. The van der Waals surface area contributed by atoms with Crippen molar-refractivity contribution in [2.75, 3.05) is 40.0 Å². The first-order valence-electron chi connectivity index (χ1n) is 8.95. The van der Waals surface area contributed by atoms with E-state index in [0.717, 1.165) is 45.6 Å². The van der Waals surface area contributed by atoms with Gasteiger partial charge < -0.3 is 14.8 Å². The lowest BCUT2D eigenvalue weighted by molar-refractivity contribution is 0.0600. The lowest BCUT2D eigenvalue weighted by Crippen LogP contribution is -2.43. The van der Waals surface area contributed by atoms with E-state index < -0.39 is 5.97 Å². The predicted molar refractivity (Wildman–Crippen MR) is 93.6 cm³/mol. The summed E-state index contributed by atoms with van der Waals surface area (Å²) in [6, 6.07) is 7.13. The van der Waals surface area contributed by atoms with Crippen molar-refractivity contribution in [3.05, 3.63) is 35.4 Å². The molecule has 1 aromatic carbocycles. The number of nitrogens with one attached hydrogen (secondary N) is 1. The van der Waals surface area contributed by atoms with Crippen LogP contribution in [0.1, 0.15) is 40.0 Å². The molecule has 1 N–H and O–H groups in total. The lowest BCUT2D eigenvalue weighted by Gasteiger charge is -2.35. The van der Waals surface area contributed by atoms with Crippen LogP contribution >= 0.6 is 0 Å². The first kappa shape index (κ1) is 17.9. The van der Waals surface area contributed by atoms with Gasteiger partial charge in [-0.05, 0) is 62.5 Å². The Labute approximate surface area is 148 Å². The Morgan fingerprint density at radius 3 is 2.44 bits per heavy atom. The number of carbonyl (C=O) groups excluding carboxylic acids is 2. The Balaban J connectivity index is 1.42. The second kappa shape index (κ2) is 8.45. The molecule has 2 fully saturated rings. The van der Waals surface area contributed by atoms with E-state index in [1.54, 1.807) is 24.3 Å². The van der Waals surface area contributed by atoms with Gasteiger partial charge in [-0.3, -0.25) is 9.69 Å². The molecule has 1 amide bonds. The van der Waals surface area contributed by atoms with E-state index in [0.29, 0.717) is 29.6 Å². The molecule has 0 radical (unpaired) electrons. The van der Waals surface area contributed by atoms with Gasteiger partial charge in [0.25, 0.3) is 5.91 Å². The predicted octanol–water partition coefficient (Wildman–Crippen LogP) is 1.70. The number of benzene rings is 1. The van der Waals surface area contributed by atoms with Gasteiger partial charge in [-0.2, -0.15) is 0 Å². The van der Waals surface area contributed by atoms with Crippen LogP contribution in [0, 0.1) is 5.92 Å². The molecule has 2 aliphatic heterocycles. The van der Waals surface area contributed by atoms with Crippen molar-refractivity contribution in [3.63, 3.8) is 0 Å². The molecule has 0 aromatic heterocycles. The highest BCUT2D eigenvalue weighted by Crippen LogP contribution is 2.22. The second-order valence-corrected chi connectivity index (χ2v) is 6.78. The van der Waals surface area contributed by atoms with E-state index in [4.69, 9.17) is 4.74 Å². The van der Waals surface area contributed by atoms with Crippen LogP contribution in [-0.2, 0) is 9.47 Å². The maximum absolute atomic E-state index is 12.3. The van der Waals surface area contributed by atoms with Crippen LogP contribution in [0.25, 0.3) is 0 Å². The number of amides is 1. The van der Waals surface area contributed by atoms with E-state index in [2.05, 4.69) is 15.0 Å². The van der Waals surface area contributed by atoms with Crippen LogP contribution in [0.15, 0.2) is 24.3 Å².